The second-order valence-electron chi connectivity index (χ2n) is 7.27. The van der Waals surface area contributed by atoms with Gasteiger partial charge < -0.3 is 15.1 Å². The molecule has 1 rings (SSSR count). The lowest BCUT2D eigenvalue weighted by molar-refractivity contribution is -0.127. The number of nitrogens with zero attached hydrogens (tertiary/aromatic N) is 3. The van der Waals surface area contributed by atoms with Crippen LogP contribution in [-0.2, 0) is 4.79 Å². The normalized spacial score (nSPS) is 18.9. The summed E-state index contributed by atoms with van der Waals surface area (Å²) >= 11 is 0. The number of likely N-dealkylation sites (N-methyl/N-ethyl adjacent to an activating group) is 1. The molecule has 0 spiro atoms. The number of amides is 1. The van der Waals surface area contributed by atoms with Gasteiger partial charge in [-0.25, -0.2) is 4.99 Å². The van der Waals surface area contributed by atoms with E-state index in [0.29, 0.717) is 6.54 Å². The van der Waals surface area contributed by atoms with Gasteiger partial charge in [0.05, 0.1) is 0 Å². The number of aliphatic imine (C=N–C) groups is 1. The van der Waals surface area contributed by atoms with E-state index in [0.717, 1.165) is 18.1 Å². The number of carbonyl (C=O) groups excluding carboxylic acids is 1. The molecule has 0 atom stereocenters. The van der Waals surface area contributed by atoms with Crippen LogP contribution in [0.3, 0.4) is 0 Å². The van der Waals surface area contributed by atoms with E-state index in [9.17, 15) is 4.79 Å². The van der Waals surface area contributed by atoms with Crippen molar-refractivity contribution in [2.45, 2.75) is 40.2 Å². The van der Waals surface area contributed by atoms with Crippen molar-refractivity contribution >= 4 is 35.8 Å². The third-order valence-corrected chi connectivity index (χ3v) is 4.55. The van der Waals surface area contributed by atoms with Gasteiger partial charge in [-0.15, -0.1) is 24.0 Å². The number of halogens is 1. The van der Waals surface area contributed by atoms with Gasteiger partial charge >= 0.3 is 0 Å². The van der Waals surface area contributed by atoms with Crippen molar-refractivity contribution in [3.63, 3.8) is 0 Å². The second-order valence-corrected chi connectivity index (χ2v) is 7.27. The van der Waals surface area contributed by atoms with Gasteiger partial charge in [-0.1, -0.05) is 26.0 Å². The zero-order chi connectivity index (χ0) is 16.4. The number of nitrogens with one attached hydrogen (secondary N) is 1. The van der Waals surface area contributed by atoms with E-state index < -0.39 is 0 Å². The van der Waals surface area contributed by atoms with E-state index in [-0.39, 0.29) is 47.4 Å². The van der Waals surface area contributed by atoms with Crippen molar-refractivity contribution in [3.05, 3.63) is 12.2 Å². The average molecular weight is 422 g/mol. The summed E-state index contributed by atoms with van der Waals surface area (Å²) in [5.74, 6) is 0.791. The smallest absolute Gasteiger partial charge is 0.243 e. The molecule has 1 saturated heterocycles. The SMILES string of the molecule is C=C(C)CNC(=NCC(=O)N(C)C)N1CC(C)(C)C1(C)C.I. The average Bonchev–Trinajstić information content (AvgIpc) is 2.36. The largest absolute Gasteiger partial charge is 0.352 e. The minimum absolute atomic E-state index is 0. The highest BCUT2D eigenvalue weighted by molar-refractivity contribution is 14.0. The fourth-order valence-electron chi connectivity index (χ4n) is 2.15. The van der Waals surface area contributed by atoms with Crippen LogP contribution in [0.2, 0.25) is 0 Å². The predicted octanol–water partition coefficient (Wildman–Crippen LogP) is 2.33. The molecule has 1 amide bonds. The van der Waals surface area contributed by atoms with Crippen LogP contribution in [0, 0.1) is 5.41 Å². The molecule has 1 aliphatic rings. The standard InChI is InChI=1S/C16H30N4O.HI/c1-12(2)9-17-14(18-10-13(21)19(7)8)20-11-15(3,4)16(20,5)6;/h1,9-11H2,2-8H3,(H,17,18);1H. The van der Waals surface area contributed by atoms with Gasteiger partial charge in [-0.3, -0.25) is 4.79 Å². The van der Waals surface area contributed by atoms with Gasteiger partial charge in [-0.05, 0) is 20.8 Å². The van der Waals surface area contributed by atoms with Gasteiger partial charge in [-0.2, -0.15) is 0 Å². The summed E-state index contributed by atoms with van der Waals surface area (Å²) in [4.78, 5) is 20.1. The second kappa shape index (κ2) is 7.66. The van der Waals surface area contributed by atoms with Crippen LogP contribution >= 0.6 is 24.0 Å². The quantitative estimate of drug-likeness (QED) is 0.328. The maximum Gasteiger partial charge on any atom is 0.243 e. The van der Waals surface area contributed by atoms with E-state index in [2.05, 4.69) is 49.5 Å². The molecule has 0 radical (unpaired) electrons. The van der Waals surface area contributed by atoms with Crippen LogP contribution in [0.25, 0.3) is 0 Å². The van der Waals surface area contributed by atoms with Gasteiger partial charge in [0, 0.05) is 38.1 Å². The number of likely N-dealkylation sites (tertiary alicyclic amines) is 1. The molecule has 0 bridgehead atoms. The fourth-order valence-corrected chi connectivity index (χ4v) is 2.15. The summed E-state index contributed by atoms with van der Waals surface area (Å²) in [6.07, 6.45) is 0. The van der Waals surface area contributed by atoms with Crippen molar-refractivity contribution < 1.29 is 4.79 Å². The van der Waals surface area contributed by atoms with E-state index in [4.69, 9.17) is 0 Å². The topological polar surface area (TPSA) is 47.9 Å². The van der Waals surface area contributed by atoms with Gasteiger partial charge in [0.15, 0.2) is 5.96 Å². The Morgan fingerprint density at radius 1 is 1.32 bits per heavy atom. The molecule has 128 valence electrons. The maximum absolute atomic E-state index is 11.8. The van der Waals surface area contributed by atoms with Crippen molar-refractivity contribution in [2.24, 2.45) is 10.4 Å². The van der Waals surface area contributed by atoms with Crippen molar-refractivity contribution in [2.75, 3.05) is 33.7 Å². The Kier molecular flexibility index (Phi) is 7.38. The first-order valence-electron chi connectivity index (χ1n) is 7.39. The monoisotopic (exact) mass is 422 g/mol. The highest BCUT2D eigenvalue weighted by Crippen LogP contribution is 2.46. The highest BCUT2D eigenvalue weighted by Gasteiger charge is 2.53. The molecule has 1 heterocycles. The zero-order valence-electron chi connectivity index (χ0n) is 15.0. The molecule has 5 nitrogen and oxygen atoms in total. The summed E-state index contributed by atoms with van der Waals surface area (Å²) < 4.78 is 0. The lowest BCUT2D eigenvalue weighted by Gasteiger charge is -2.62. The van der Waals surface area contributed by atoms with E-state index in [1.165, 1.54) is 0 Å². The number of guanidine groups is 1. The molecule has 0 unspecified atom stereocenters. The Bertz CT molecular complexity index is 455. The Labute approximate surface area is 152 Å². The van der Waals surface area contributed by atoms with E-state index in [1.54, 1.807) is 19.0 Å². The molecule has 1 aliphatic heterocycles. The maximum atomic E-state index is 11.8. The highest BCUT2D eigenvalue weighted by atomic mass is 127. The third kappa shape index (κ3) is 4.60. The van der Waals surface area contributed by atoms with Crippen LogP contribution < -0.4 is 5.32 Å². The summed E-state index contributed by atoms with van der Waals surface area (Å²) in [6, 6.07) is 0. The van der Waals surface area contributed by atoms with Crippen LogP contribution in [0.1, 0.15) is 34.6 Å². The molecule has 0 aromatic heterocycles. The van der Waals surface area contributed by atoms with Crippen LogP contribution in [0.5, 0.6) is 0 Å². The Morgan fingerprint density at radius 2 is 1.86 bits per heavy atom. The molecule has 1 N–H and O–H groups in total. The van der Waals surface area contributed by atoms with Crippen molar-refractivity contribution in [3.8, 4) is 0 Å². The summed E-state index contributed by atoms with van der Waals surface area (Å²) in [5, 5.41) is 3.31. The van der Waals surface area contributed by atoms with Crippen LogP contribution in [0.15, 0.2) is 17.1 Å². The van der Waals surface area contributed by atoms with Crippen LogP contribution in [-0.4, -0.2) is 60.9 Å². The van der Waals surface area contributed by atoms with Gasteiger partial charge in [0.25, 0.3) is 0 Å². The first-order valence-corrected chi connectivity index (χ1v) is 7.39. The minimum Gasteiger partial charge on any atom is -0.352 e. The number of rotatable bonds is 4. The van der Waals surface area contributed by atoms with Gasteiger partial charge in [0.2, 0.25) is 5.91 Å². The zero-order valence-corrected chi connectivity index (χ0v) is 17.3. The lowest BCUT2D eigenvalue weighted by Crippen LogP contribution is -2.72. The van der Waals surface area contributed by atoms with Gasteiger partial charge in [0.1, 0.15) is 6.54 Å². The van der Waals surface area contributed by atoms with Crippen molar-refractivity contribution in [1.29, 1.82) is 0 Å². The molecule has 0 aromatic rings. The molecular formula is C16H31IN4O. The third-order valence-electron chi connectivity index (χ3n) is 4.55. The molecule has 0 aliphatic carbocycles. The first kappa shape index (κ1) is 21.2. The summed E-state index contributed by atoms with van der Waals surface area (Å²) in [5.41, 5.74) is 1.28. The molecule has 22 heavy (non-hydrogen) atoms. The molecule has 0 saturated carbocycles. The minimum atomic E-state index is 0. The number of carbonyl (C=O) groups is 1. The summed E-state index contributed by atoms with van der Waals surface area (Å²) in [6.45, 7) is 16.6. The predicted molar refractivity (Wildman–Crippen MR) is 104 cm³/mol. The number of hydrogen-bond donors (Lipinski definition) is 1. The van der Waals surface area contributed by atoms with Crippen LogP contribution in [0.4, 0.5) is 0 Å². The molecular weight excluding hydrogens is 391 g/mol. The van der Waals surface area contributed by atoms with Crippen molar-refractivity contribution in [1.82, 2.24) is 15.1 Å². The molecule has 1 fully saturated rings. The molecule has 6 heteroatoms. The lowest BCUT2D eigenvalue weighted by atomic mass is 9.65. The summed E-state index contributed by atoms with van der Waals surface area (Å²) in [7, 11) is 3.49. The Hall–Kier alpha value is -0.790. The molecule has 0 aromatic carbocycles. The Balaban J connectivity index is 0.00000441. The first-order chi connectivity index (χ1) is 9.49. The van der Waals surface area contributed by atoms with E-state index >= 15 is 0 Å². The number of hydrogen-bond acceptors (Lipinski definition) is 2. The fraction of sp³-hybridized carbons (Fsp3) is 0.750. The Morgan fingerprint density at radius 3 is 2.23 bits per heavy atom. The van der Waals surface area contributed by atoms with E-state index in [1.807, 2.05) is 6.92 Å².